The lowest BCUT2D eigenvalue weighted by molar-refractivity contribution is 0.669. The fraction of sp³-hybridized carbons (Fsp3) is 0.0612. The number of allylic oxidation sites excluding steroid dienone is 5. The third-order valence-electron chi connectivity index (χ3n) is 10.3. The summed E-state index contributed by atoms with van der Waals surface area (Å²) in [6.45, 7) is 4.59. The molecule has 9 rings (SSSR count). The molecule has 0 heteroatoms. The van der Waals surface area contributed by atoms with Gasteiger partial charge in [-0.1, -0.05) is 166 Å². The summed E-state index contributed by atoms with van der Waals surface area (Å²) < 4.78 is 0. The van der Waals surface area contributed by atoms with Crippen molar-refractivity contribution in [1.82, 2.24) is 0 Å². The molecule has 0 saturated heterocycles. The first-order valence-corrected chi connectivity index (χ1v) is 17.2. The van der Waals surface area contributed by atoms with Crippen LogP contribution < -0.4 is 0 Å². The molecular formula is C49H36. The van der Waals surface area contributed by atoms with Crippen LogP contribution in [0.2, 0.25) is 0 Å². The van der Waals surface area contributed by atoms with E-state index in [2.05, 4.69) is 196 Å². The van der Waals surface area contributed by atoms with Crippen molar-refractivity contribution in [2.75, 3.05) is 0 Å². The van der Waals surface area contributed by atoms with E-state index in [0.29, 0.717) is 0 Å². The third-order valence-corrected chi connectivity index (χ3v) is 10.3. The Labute approximate surface area is 288 Å². The number of fused-ring (bicyclic) bond motifs is 6. The quantitative estimate of drug-likeness (QED) is 0.172. The molecule has 1 aliphatic rings. The van der Waals surface area contributed by atoms with Gasteiger partial charge in [-0.3, -0.25) is 0 Å². The van der Waals surface area contributed by atoms with E-state index >= 15 is 0 Å². The molecule has 0 unspecified atom stereocenters. The number of hydrogen-bond donors (Lipinski definition) is 0. The first kappa shape index (κ1) is 29.2. The van der Waals surface area contributed by atoms with Gasteiger partial charge in [0.1, 0.15) is 0 Å². The van der Waals surface area contributed by atoms with Crippen molar-refractivity contribution in [2.45, 2.75) is 19.3 Å². The smallest absolute Gasteiger partial charge is 0.00845 e. The molecule has 0 radical (unpaired) electrons. The van der Waals surface area contributed by atoms with Crippen LogP contribution in [-0.4, -0.2) is 0 Å². The van der Waals surface area contributed by atoms with Crippen molar-refractivity contribution in [3.63, 3.8) is 0 Å². The Bertz CT molecular complexity index is 2680. The lowest BCUT2D eigenvalue weighted by atomic mass is 9.81. The van der Waals surface area contributed by atoms with Gasteiger partial charge >= 0.3 is 0 Å². The maximum Gasteiger partial charge on any atom is 0.00845 e. The average Bonchev–Trinajstić information content (AvgIpc) is 3.21. The minimum atomic E-state index is -0.0777. The van der Waals surface area contributed by atoms with Crippen LogP contribution >= 0.6 is 0 Å². The van der Waals surface area contributed by atoms with E-state index in [-0.39, 0.29) is 5.41 Å². The summed E-state index contributed by atoms with van der Waals surface area (Å²) in [5, 5.41) is 10.1. The van der Waals surface area contributed by atoms with Gasteiger partial charge in [0.2, 0.25) is 0 Å². The normalized spacial score (nSPS) is 16.4. The third kappa shape index (κ3) is 5.27. The van der Waals surface area contributed by atoms with E-state index in [1.54, 1.807) is 0 Å². The lowest BCUT2D eigenvalue weighted by Crippen LogP contribution is -2.14. The van der Waals surface area contributed by atoms with E-state index in [1.165, 1.54) is 87.6 Å². The Morgan fingerprint density at radius 2 is 0.980 bits per heavy atom. The van der Waals surface area contributed by atoms with Crippen LogP contribution in [0.3, 0.4) is 0 Å². The van der Waals surface area contributed by atoms with Gasteiger partial charge in [-0.25, -0.2) is 0 Å². The predicted molar refractivity (Wildman–Crippen MR) is 213 cm³/mol. The van der Waals surface area contributed by atoms with E-state index in [0.717, 1.165) is 0 Å². The molecule has 0 nitrogen and oxygen atoms in total. The van der Waals surface area contributed by atoms with E-state index in [9.17, 15) is 0 Å². The van der Waals surface area contributed by atoms with Crippen molar-refractivity contribution >= 4 is 54.7 Å². The molecule has 0 saturated carbocycles. The number of benzene rings is 8. The molecule has 0 fully saturated rings. The van der Waals surface area contributed by atoms with Crippen LogP contribution in [-0.2, 0) is 5.41 Å². The highest BCUT2D eigenvalue weighted by atomic mass is 14.2. The van der Waals surface area contributed by atoms with E-state index < -0.39 is 0 Å². The van der Waals surface area contributed by atoms with Gasteiger partial charge in [-0.15, -0.1) is 0 Å². The Kier molecular flexibility index (Phi) is 6.92. The highest BCUT2D eigenvalue weighted by Crippen LogP contribution is 2.37. The summed E-state index contributed by atoms with van der Waals surface area (Å²) in [6, 6.07) is 56.0. The summed E-state index contributed by atoms with van der Waals surface area (Å²) in [7, 11) is 0. The molecule has 0 bridgehead atoms. The Morgan fingerprint density at radius 3 is 1.73 bits per heavy atom. The molecule has 232 valence electrons. The molecule has 1 aliphatic carbocycles. The monoisotopic (exact) mass is 624 g/mol. The highest BCUT2D eigenvalue weighted by Gasteiger charge is 2.20. The summed E-state index contributed by atoms with van der Waals surface area (Å²) in [5.74, 6) is 0. The molecule has 0 spiro atoms. The fourth-order valence-corrected chi connectivity index (χ4v) is 7.61. The molecule has 0 N–H and O–H groups in total. The largest absolute Gasteiger partial charge is 0.0738 e. The van der Waals surface area contributed by atoms with E-state index in [4.69, 9.17) is 0 Å². The van der Waals surface area contributed by atoms with Crippen molar-refractivity contribution in [3.05, 3.63) is 193 Å². The maximum atomic E-state index is 2.36. The Morgan fingerprint density at radius 1 is 0.408 bits per heavy atom. The molecule has 0 atom stereocenters. The van der Waals surface area contributed by atoms with Crippen LogP contribution in [0.5, 0.6) is 0 Å². The van der Waals surface area contributed by atoms with Crippen molar-refractivity contribution in [2.24, 2.45) is 0 Å². The van der Waals surface area contributed by atoms with Gasteiger partial charge in [-0.2, -0.15) is 0 Å². The summed E-state index contributed by atoms with van der Waals surface area (Å²) >= 11 is 0. The van der Waals surface area contributed by atoms with Gasteiger partial charge in [0.15, 0.2) is 0 Å². The molecule has 8 aromatic carbocycles. The fourth-order valence-electron chi connectivity index (χ4n) is 7.61. The predicted octanol–water partition coefficient (Wildman–Crippen LogP) is 13.6. The minimum absolute atomic E-state index is 0.0777. The van der Waals surface area contributed by atoms with Crippen LogP contribution in [0.25, 0.3) is 77.0 Å². The second-order valence-electron chi connectivity index (χ2n) is 13.9. The first-order valence-electron chi connectivity index (χ1n) is 17.2. The summed E-state index contributed by atoms with van der Waals surface area (Å²) in [4.78, 5) is 0. The zero-order chi connectivity index (χ0) is 33.0. The molecule has 0 aromatic heterocycles. The van der Waals surface area contributed by atoms with Gasteiger partial charge < -0.3 is 0 Å². The van der Waals surface area contributed by atoms with Gasteiger partial charge in [0.05, 0.1) is 0 Å². The zero-order valence-corrected chi connectivity index (χ0v) is 27.8. The average molecular weight is 625 g/mol. The van der Waals surface area contributed by atoms with Crippen molar-refractivity contribution < 1.29 is 0 Å². The highest BCUT2D eigenvalue weighted by molar-refractivity contribution is 6.14. The molecule has 0 amide bonds. The Hall–Kier alpha value is -5.98. The van der Waals surface area contributed by atoms with Crippen molar-refractivity contribution in [3.8, 4) is 22.3 Å². The van der Waals surface area contributed by atoms with Gasteiger partial charge in [-0.05, 0) is 118 Å². The SMILES string of the molecule is CC1(C)/C=C/C(c2ccc3ccc(-c4ccc5ccc(-c6cc7ccccc7c7ccccc67)cc5c4)cc3c2)=C\C=C\c2ccccc21. The van der Waals surface area contributed by atoms with Crippen LogP contribution in [0.4, 0.5) is 0 Å². The summed E-state index contributed by atoms with van der Waals surface area (Å²) in [5.41, 5.74) is 9.93. The Balaban J connectivity index is 1.10. The summed E-state index contributed by atoms with van der Waals surface area (Å²) in [6.07, 6.45) is 11.3. The molecule has 8 aromatic rings. The number of rotatable bonds is 3. The first-order chi connectivity index (χ1) is 24.0. The molecular weight excluding hydrogens is 589 g/mol. The zero-order valence-electron chi connectivity index (χ0n) is 27.8. The maximum absolute atomic E-state index is 2.36. The second-order valence-corrected chi connectivity index (χ2v) is 13.9. The van der Waals surface area contributed by atoms with Crippen molar-refractivity contribution in [1.29, 1.82) is 0 Å². The number of hydrogen-bond acceptors (Lipinski definition) is 0. The molecule has 49 heavy (non-hydrogen) atoms. The van der Waals surface area contributed by atoms with Gasteiger partial charge in [0, 0.05) is 5.41 Å². The topological polar surface area (TPSA) is 0 Å². The van der Waals surface area contributed by atoms with Crippen LogP contribution in [0.1, 0.15) is 30.5 Å². The second kappa shape index (κ2) is 11.6. The van der Waals surface area contributed by atoms with Gasteiger partial charge in [0.25, 0.3) is 0 Å². The lowest BCUT2D eigenvalue weighted by Gasteiger charge is -2.23. The molecule has 0 aliphatic heterocycles. The standard InChI is InChI=1S/C49H36/c1-49(2)27-26-33(12-9-13-36-10-4-8-17-48(36)49)37-22-18-34-19-23-38(29-42(34)28-37)39-24-20-35-21-25-41(31-43(35)30-39)47-32-40-11-3-5-14-44(40)45-15-6-7-16-46(45)47/h3-32H,1-2H3/b13-9+,27-26+,33-12+. The van der Waals surface area contributed by atoms with E-state index in [1.807, 2.05) is 0 Å². The van der Waals surface area contributed by atoms with Crippen LogP contribution in [0, 0.1) is 0 Å². The minimum Gasteiger partial charge on any atom is -0.0738 e. The van der Waals surface area contributed by atoms with Crippen LogP contribution in [0.15, 0.2) is 176 Å². The molecule has 0 heterocycles.